The summed E-state index contributed by atoms with van der Waals surface area (Å²) in [5.74, 6) is 1.37. The number of nitrogens with one attached hydrogen (secondary N) is 1. The third kappa shape index (κ3) is 5.63. The highest BCUT2D eigenvalue weighted by Gasteiger charge is 2.19. The fourth-order valence-corrected chi connectivity index (χ4v) is 3.60. The van der Waals surface area contributed by atoms with Crippen LogP contribution in [0, 0.1) is 5.92 Å². The van der Waals surface area contributed by atoms with Gasteiger partial charge in [-0.05, 0) is 37.5 Å². The van der Waals surface area contributed by atoms with Gasteiger partial charge in [-0.3, -0.25) is 4.79 Å². The number of hydrogen-bond donors (Lipinski definition) is 1. The average molecular weight is 415 g/mol. The molecule has 0 unspecified atom stereocenters. The number of halogens is 2. The van der Waals surface area contributed by atoms with E-state index in [1.807, 2.05) is 24.5 Å². The summed E-state index contributed by atoms with van der Waals surface area (Å²) in [5, 5.41) is 13.4. The van der Waals surface area contributed by atoms with E-state index in [-0.39, 0.29) is 11.9 Å². The van der Waals surface area contributed by atoms with Gasteiger partial charge < -0.3 is 9.88 Å². The molecule has 2 rings (SSSR count). The summed E-state index contributed by atoms with van der Waals surface area (Å²) in [7, 11) is 0. The summed E-state index contributed by atoms with van der Waals surface area (Å²) in [5.41, 5.74) is 0.778. The van der Waals surface area contributed by atoms with Gasteiger partial charge in [0.15, 0.2) is 11.0 Å². The van der Waals surface area contributed by atoms with Gasteiger partial charge in [-0.1, -0.05) is 55.7 Å². The van der Waals surface area contributed by atoms with E-state index in [0.717, 1.165) is 18.5 Å². The SMILES string of the molecule is CC[C@@H](C)NC(=O)CSc1nnc(-c2ccc(Cl)cc2Cl)n1CC(C)C. The van der Waals surface area contributed by atoms with Gasteiger partial charge in [-0.25, -0.2) is 0 Å². The lowest BCUT2D eigenvalue weighted by molar-refractivity contribution is -0.119. The van der Waals surface area contributed by atoms with E-state index in [0.29, 0.717) is 32.7 Å². The molecule has 1 aromatic carbocycles. The molecule has 0 aliphatic carbocycles. The van der Waals surface area contributed by atoms with E-state index < -0.39 is 0 Å². The van der Waals surface area contributed by atoms with Crippen molar-refractivity contribution < 1.29 is 4.79 Å². The Morgan fingerprint density at radius 2 is 2.00 bits per heavy atom. The van der Waals surface area contributed by atoms with Crippen molar-refractivity contribution in [3.63, 3.8) is 0 Å². The van der Waals surface area contributed by atoms with Crippen LogP contribution in [0.2, 0.25) is 10.0 Å². The standard InChI is InChI=1S/C18H24Cl2N4OS/c1-5-12(4)21-16(25)10-26-18-23-22-17(24(18)9-11(2)3)14-7-6-13(19)8-15(14)20/h6-8,11-12H,5,9-10H2,1-4H3,(H,21,25)/t12-/m1/s1. The van der Waals surface area contributed by atoms with Crippen molar-refractivity contribution in [1.82, 2.24) is 20.1 Å². The maximum absolute atomic E-state index is 12.1. The summed E-state index contributed by atoms with van der Waals surface area (Å²) in [6, 6.07) is 5.48. The smallest absolute Gasteiger partial charge is 0.230 e. The Kier molecular flexibility index (Phi) is 7.80. The predicted octanol–water partition coefficient (Wildman–Crippen LogP) is 4.91. The van der Waals surface area contributed by atoms with Crippen LogP contribution in [0.25, 0.3) is 11.4 Å². The minimum absolute atomic E-state index is 0.00507. The molecule has 5 nitrogen and oxygen atoms in total. The molecule has 1 atom stereocenters. The molecule has 0 saturated heterocycles. The van der Waals surface area contributed by atoms with E-state index in [4.69, 9.17) is 23.2 Å². The normalized spacial score (nSPS) is 12.4. The molecule has 0 aliphatic rings. The van der Waals surface area contributed by atoms with Gasteiger partial charge in [0, 0.05) is 23.2 Å². The van der Waals surface area contributed by atoms with Crippen molar-refractivity contribution in [3.8, 4) is 11.4 Å². The van der Waals surface area contributed by atoms with Gasteiger partial charge in [0.1, 0.15) is 0 Å². The lowest BCUT2D eigenvalue weighted by atomic mass is 10.2. The number of nitrogens with zero attached hydrogens (tertiary/aromatic N) is 3. The first-order valence-corrected chi connectivity index (χ1v) is 10.4. The second-order valence-electron chi connectivity index (χ2n) is 6.60. The maximum atomic E-state index is 12.1. The first kappa shape index (κ1) is 21.1. The van der Waals surface area contributed by atoms with E-state index in [1.54, 1.807) is 12.1 Å². The van der Waals surface area contributed by atoms with Crippen LogP contribution in [0.15, 0.2) is 23.4 Å². The van der Waals surface area contributed by atoms with Crippen LogP contribution < -0.4 is 5.32 Å². The minimum atomic E-state index is -0.00507. The molecule has 0 aliphatic heterocycles. The van der Waals surface area contributed by atoms with Gasteiger partial charge in [-0.15, -0.1) is 10.2 Å². The number of rotatable bonds is 8. The summed E-state index contributed by atoms with van der Waals surface area (Å²) in [6.45, 7) is 9.01. The van der Waals surface area contributed by atoms with E-state index in [1.165, 1.54) is 11.8 Å². The molecule has 2 aromatic rings. The van der Waals surface area contributed by atoms with Gasteiger partial charge in [0.05, 0.1) is 10.8 Å². The highest BCUT2D eigenvalue weighted by atomic mass is 35.5. The topological polar surface area (TPSA) is 59.8 Å². The second-order valence-corrected chi connectivity index (χ2v) is 8.39. The van der Waals surface area contributed by atoms with Gasteiger partial charge in [0.25, 0.3) is 0 Å². The van der Waals surface area contributed by atoms with E-state index >= 15 is 0 Å². The molecule has 1 aromatic heterocycles. The van der Waals surface area contributed by atoms with Crippen LogP contribution in [0.5, 0.6) is 0 Å². The molecule has 142 valence electrons. The molecule has 0 fully saturated rings. The van der Waals surface area contributed by atoms with Crippen LogP contribution in [-0.4, -0.2) is 32.5 Å². The molecule has 26 heavy (non-hydrogen) atoms. The largest absolute Gasteiger partial charge is 0.353 e. The van der Waals surface area contributed by atoms with Crippen LogP contribution in [-0.2, 0) is 11.3 Å². The monoisotopic (exact) mass is 414 g/mol. The molecular weight excluding hydrogens is 391 g/mol. The molecule has 1 N–H and O–H groups in total. The van der Waals surface area contributed by atoms with Gasteiger partial charge in [0.2, 0.25) is 5.91 Å². The number of amides is 1. The Morgan fingerprint density at radius 1 is 1.27 bits per heavy atom. The predicted molar refractivity (Wildman–Crippen MR) is 109 cm³/mol. The van der Waals surface area contributed by atoms with Crippen LogP contribution >= 0.6 is 35.0 Å². The maximum Gasteiger partial charge on any atom is 0.230 e. The first-order valence-electron chi connectivity index (χ1n) is 8.62. The quantitative estimate of drug-likeness (QED) is 0.622. The third-order valence-electron chi connectivity index (χ3n) is 3.79. The zero-order chi connectivity index (χ0) is 19.3. The fraction of sp³-hybridized carbons (Fsp3) is 0.500. The summed E-state index contributed by atoms with van der Waals surface area (Å²) >= 11 is 13.7. The molecule has 0 radical (unpaired) electrons. The molecular formula is C18H24Cl2N4OS. The summed E-state index contributed by atoms with van der Waals surface area (Å²) in [4.78, 5) is 12.1. The number of hydrogen-bond acceptors (Lipinski definition) is 4. The Labute approximate surface area is 168 Å². The summed E-state index contributed by atoms with van der Waals surface area (Å²) in [6.07, 6.45) is 0.902. The molecule has 1 amide bonds. The lowest BCUT2D eigenvalue weighted by Crippen LogP contribution is -2.33. The third-order valence-corrected chi connectivity index (χ3v) is 5.30. The Morgan fingerprint density at radius 3 is 2.62 bits per heavy atom. The van der Waals surface area contributed by atoms with E-state index in [9.17, 15) is 4.79 Å². The van der Waals surface area contributed by atoms with Gasteiger partial charge >= 0.3 is 0 Å². The zero-order valence-corrected chi connectivity index (χ0v) is 17.8. The number of carbonyl (C=O) groups is 1. The molecule has 0 bridgehead atoms. The Hall–Kier alpha value is -1.24. The Balaban J connectivity index is 2.24. The van der Waals surface area contributed by atoms with Gasteiger partial charge in [-0.2, -0.15) is 0 Å². The van der Waals surface area contributed by atoms with Crippen molar-refractivity contribution in [2.75, 3.05) is 5.75 Å². The number of benzene rings is 1. The van der Waals surface area contributed by atoms with Crippen LogP contribution in [0.1, 0.15) is 34.1 Å². The molecule has 8 heteroatoms. The second kappa shape index (κ2) is 9.62. The first-order chi connectivity index (χ1) is 12.3. The highest BCUT2D eigenvalue weighted by molar-refractivity contribution is 7.99. The number of carbonyl (C=O) groups excluding carboxylic acids is 1. The van der Waals surface area contributed by atoms with Crippen molar-refractivity contribution in [2.24, 2.45) is 5.92 Å². The van der Waals surface area contributed by atoms with Crippen molar-refractivity contribution >= 4 is 40.9 Å². The van der Waals surface area contributed by atoms with Crippen LogP contribution in [0.4, 0.5) is 0 Å². The Bertz CT molecular complexity index is 764. The van der Waals surface area contributed by atoms with Crippen molar-refractivity contribution in [2.45, 2.75) is 51.9 Å². The number of aromatic nitrogens is 3. The van der Waals surface area contributed by atoms with E-state index in [2.05, 4.69) is 29.4 Å². The molecule has 0 spiro atoms. The minimum Gasteiger partial charge on any atom is -0.353 e. The average Bonchev–Trinajstić information content (AvgIpc) is 2.94. The molecule has 1 heterocycles. The van der Waals surface area contributed by atoms with Crippen molar-refractivity contribution in [1.29, 1.82) is 0 Å². The number of thioether (sulfide) groups is 1. The zero-order valence-electron chi connectivity index (χ0n) is 15.4. The highest BCUT2D eigenvalue weighted by Crippen LogP contribution is 2.31. The van der Waals surface area contributed by atoms with Crippen molar-refractivity contribution in [3.05, 3.63) is 28.2 Å². The lowest BCUT2D eigenvalue weighted by Gasteiger charge is -2.14. The van der Waals surface area contributed by atoms with Crippen LogP contribution in [0.3, 0.4) is 0 Å². The summed E-state index contributed by atoms with van der Waals surface area (Å²) < 4.78 is 2.01. The fourth-order valence-electron chi connectivity index (χ4n) is 2.34. The molecule has 0 saturated carbocycles.